The lowest BCUT2D eigenvalue weighted by Gasteiger charge is -2.20. The summed E-state index contributed by atoms with van der Waals surface area (Å²) in [4.78, 5) is 26.1. The van der Waals surface area contributed by atoms with E-state index in [1.165, 1.54) is 0 Å². The highest BCUT2D eigenvalue weighted by Crippen LogP contribution is 2.31. The summed E-state index contributed by atoms with van der Waals surface area (Å²) in [6.45, 7) is 6.29. The van der Waals surface area contributed by atoms with Gasteiger partial charge in [0.1, 0.15) is 0 Å². The van der Waals surface area contributed by atoms with Crippen LogP contribution in [0.1, 0.15) is 32.3 Å². The van der Waals surface area contributed by atoms with Crippen molar-refractivity contribution in [3.63, 3.8) is 0 Å². The normalized spacial score (nSPS) is 19.7. The molecule has 0 radical (unpaired) electrons. The third-order valence-corrected chi connectivity index (χ3v) is 4.44. The van der Waals surface area contributed by atoms with Crippen LogP contribution >= 0.6 is 11.6 Å². The van der Waals surface area contributed by atoms with E-state index in [2.05, 4.69) is 5.32 Å². The zero-order valence-corrected chi connectivity index (χ0v) is 13.4. The Morgan fingerprint density at radius 1 is 1.52 bits per heavy atom. The van der Waals surface area contributed by atoms with Crippen LogP contribution in [-0.2, 0) is 9.59 Å². The SMILES string of the molecule is CC[C@@H](C)NC(=O)[C@@H]1CC(=O)N(c2cccc(Cl)c2C)C1. The first kappa shape index (κ1) is 15.8. The molecule has 0 unspecified atom stereocenters. The lowest BCUT2D eigenvalue weighted by Crippen LogP contribution is -2.38. The number of rotatable bonds is 4. The monoisotopic (exact) mass is 308 g/mol. The van der Waals surface area contributed by atoms with E-state index in [1.54, 1.807) is 11.0 Å². The minimum atomic E-state index is -0.287. The van der Waals surface area contributed by atoms with Gasteiger partial charge < -0.3 is 10.2 Å². The summed E-state index contributed by atoms with van der Waals surface area (Å²) in [5.74, 6) is -0.352. The fourth-order valence-electron chi connectivity index (χ4n) is 2.47. The molecule has 1 heterocycles. The maximum absolute atomic E-state index is 12.2. The highest BCUT2D eigenvalue weighted by Gasteiger charge is 2.36. The smallest absolute Gasteiger partial charge is 0.227 e. The first-order valence-electron chi connectivity index (χ1n) is 7.29. The molecule has 1 aliphatic rings. The summed E-state index contributed by atoms with van der Waals surface area (Å²) < 4.78 is 0. The van der Waals surface area contributed by atoms with Crippen LogP contribution in [0.3, 0.4) is 0 Å². The van der Waals surface area contributed by atoms with Gasteiger partial charge in [-0.2, -0.15) is 0 Å². The van der Waals surface area contributed by atoms with Gasteiger partial charge in [-0.15, -0.1) is 0 Å². The molecule has 1 fully saturated rings. The number of nitrogens with one attached hydrogen (secondary N) is 1. The van der Waals surface area contributed by atoms with Crippen molar-refractivity contribution < 1.29 is 9.59 Å². The van der Waals surface area contributed by atoms with Gasteiger partial charge in [-0.3, -0.25) is 9.59 Å². The van der Waals surface area contributed by atoms with Gasteiger partial charge in [-0.25, -0.2) is 0 Å². The first-order chi connectivity index (χ1) is 9.93. The number of anilines is 1. The highest BCUT2D eigenvalue weighted by molar-refractivity contribution is 6.31. The van der Waals surface area contributed by atoms with E-state index in [1.807, 2.05) is 32.9 Å². The van der Waals surface area contributed by atoms with Crippen LogP contribution in [0.4, 0.5) is 5.69 Å². The van der Waals surface area contributed by atoms with E-state index < -0.39 is 0 Å². The maximum atomic E-state index is 12.2. The molecule has 5 heteroatoms. The Hall–Kier alpha value is -1.55. The molecule has 2 amide bonds. The molecule has 0 aromatic heterocycles. The van der Waals surface area contributed by atoms with Gasteiger partial charge in [0.15, 0.2) is 0 Å². The summed E-state index contributed by atoms with van der Waals surface area (Å²) in [6, 6.07) is 5.63. The summed E-state index contributed by atoms with van der Waals surface area (Å²) in [6.07, 6.45) is 1.14. The van der Waals surface area contributed by atoms with Gasteiger partial charge >= 0.3 is 0 Å². The van der Waals surface area contributed by atoms with Crippen LogP contribution in [0.2, 0.25) is 5.02 Å². The van der Waals surface area contributed by atoms with Crippen LogP contribution in [0, 0.1) is 12.8 Å². The minimum Gasteiger partial charge on any atom is -0.353 e. The zero-order chi connectivity index (χ0) is 15.6. The fourth-order valence-corrected chi connectivity index (χ4v) is 2.64. The lowest BCUT2D eigenvalue weighted by atomic mass is 10.1. The van der Waals surface area contributed by atoms with Gasteiger partial charge in [0.05, 0.1) is 5.92 Å². The number of amides is 2. The summed E-state index contributed by atoms with van der Waals surface area (Å²) >= 11 is 6.11. The third kappa shape index (κ3) is 3.38. The molecule has 1 aliphatic heterocycles. The summed E-state index contributed by atoms with van der Waals surface area (Å²) in [5, 5.41) is 3.58. The molecule has 2 atom stereocenters. The van der Waals surface area contributed by atoms with Crippen molar-refractivity contribution in [3.05, 3.63) is 28.8 Å². The third-order valence-electron chi connectivity index (χ3n) is 4.03. The van der Waals surface area contributed by atoms with Crippen molar-refractivity contribution in [2.45, 2.75) is 39.7 Å². The van der Waals surface area contributed by atoms with Crippen molar-refractivity contribution in [1.82, 2.24) is 5.32 Å². The van der Waals surface area contributed by atoms with Crippen molar-refractivity contribution in [1.29, 1.82) is 0 Å². The molecule has 0 spiro atoms. The Bertz CT molecular complexity index is 559. The predicted octanol–water partition coefficient (Wildman–Crippen LogP) is 2.92. The van der Waals surface area contributed by atoms with Crippen LogP contribution in [0.25, 0.3) is 0 Å². The first-order valence-corrected chi connectivity index (χ1v) is 7.67. The molecule has 1 aromatic carbocycles. The van der Waals surface area contributed by atoms with Crippen LogP contribution < -0.4 is 10.2 Å². The van der Waals surface area contributed by atoms with E-state index in [9.17, 15) is 9.59 Å². The van der Waals surface area contributed by atoms with Crippen molar-refractivity contribution in [2.75, 3.05) is 11.4 Å². The number of halogens is 1. The average molecular weight is 309 g/mol. The second-order valence-corrected chi connectivity index (χ2v) is 6.01. The fraction of sp³-hybridized carbons (Fsp3) is 0.500. The molecule has 4 nitrogen and oxygen atoms in total. The summed E-state index contributed by atoms with van der Waals surface area (Å²) in [7, 11) is 0. The van der Waals surface area contributed by atoms with E-state index in [-0.39, 0.29) is 30.2 Å². The molecular weight excluding hydrogens is 288 g/mol. The Kier molecular flexibility index (Phi) is 4.88. The van der Waals surface area contributed by atoms with Gasteiger partial charge in [0, 0.05) is 29.7 Å². The summed E-state index contributed by atoms with van der Waals surface area (Å²) in [5.41, 5.74) is 1.67. The number of hydrogen-bond acceptors (Lipinski definition) is 2. The molecule has 21 heavy (non-hydrogen) atoms. The molecule has 0 saturated carbocycles. The maximum Gasteiger partial charge on any atom is 0.227 e. The number of carbonyl (C=O) groups excluding carboxylic acids is 2. The minimum absolute atomic E-state index is 0.0235. The number of benzene rings is 1. The average Bonchev–Trinajstić information content (AvgIpc) is 2.83. The highest BCUT2D eigenvalue weighted by atomic mass is 35.5. The topological polar surface area (TPSA) is 49.4 Å². The van der Waals surface area contributed by atoms with E-state index in [0.717, 1.165) is 17.7 Å². The van der Waals surface area contributed by atoms with Crippen LogP contribution in [0.15, 0.2) is 18.2 Å². The van der Waals surface area contributed by atoms with Crippen LogP contribution in [0.5, 0.6) is 0 Å². The molecule has 114 valence electrons. The molecule has 1 aromatic rings. The zero-order valence-electron chi connectivity index (χ0n) is 12.6. The number of nitrogens with zero attached hydrogens (tertiary/aromatic N) is 1. The Morgan fingerprint density at radius 2 is 2.24 bits per heavy atom. The van der Waals surface area contributed by atoms with E-state index in [4.69, 9.17) is 11.6 Å². The Balaban J connectivity index is 2.13. The standard InChI is InChI=1S/C16H21ClN2O2/c1-4-10(2)18-16(21)12-8-15(20)19(9-12)14-7-5-6-13(17)11(14)3/h5-7,10,12H,4,8-9H2,1-3H3,(H,18,21)/t10-,12-/m1/s1. The predicted molar refractivity (Wildman–Crippen MR) is 84.5 cm³/mol. The molecule has 1 saturated heterocycles. The molecule has 1 N–H and O–H groups in total. The largest absolute Gasteiger partial charge is 0.353 e. The molecule has 2 rings (SSSR count). The van der Waals surface area contributed by atoms with Gasteiger partial charge in [0.2, 0.25) is 11.8 Å². The van der Waals surface area contributed by atoms with E-state index in [0.29, 0.717) is 11.6 Å². The van der Waals surface area contributed by atoms with Crippen LogP contribution in [-0.4, -0.2) is 24.4 Å². The second kappa shape index (κ2) is 6.48. The van der Waals surface area contributed by atoms with Crippen molar-refractivity contribution in [3.8, 4) is 0 Å². The molecule has 0 bridgehead atoms. The molecular formula is C16H21ClN2O2. The van der Waals surface area contributed by atoms with Crippen molar-refractivity contribution in [2.24, 2.45) is 5.92 Å². The Labute approximate surface area is 130 Å². The lowest BCUT2D eigenvalue weighted by molar-refractivity contribution is -0.126. The second-order valence-electron chi connectivity index (χ2n) is 5.61. The van der Waals surface area contributed by atoms with E-state index >= 15 is 0 Å². The number of carbonyl (C=O) groups is 2. The van der Waals surface area contributed by atoms with Gasteiger partial charge in [-0.1, -0.05) is 24.6 Å². The molecule has 0 aliphatic carbocycles. The quantitative estimate of drug-likeness (QED) is 0.929. The van der Waals surface area contributed by atoms with Crippen molar-refractivity contribution >= 4 is 29.1 Å². The Morgan fingerprint density at radius 3 is 2.90 bits per heavy atom. The number of hydrogen-bond donors (Lipinski definition) is 1. The van der Waals surface area contributed by atoms with Gasteiger partial charge in [0.25, 0.3) is 0 Å². The van der Waals surface area contributed by atoms with Gasteiger partial charge in [-0.05, 0) is 38.0 Å².